The lowest BCUT2D eigenvalue weighted by molar-refractivity contribution is 0.0589. The number of hydrogen-bond acceptors (Lipinski definition) is 4. The number of amides is 1. The van der Waals surface area contributed by atoms with Gasteiger partial charge in [-0.3, -0.25) is 14.9 Å². The molecule has 0 aliphatic heterocycles. The summed E-state index contributed by atoms with van der Waals surface area (Å²) < 4.78 is 5.26. The molecule has 2 aromatic heterocycles. The van der Waals surface area contributed by atoms with Gasteiger partial charge in [0.15, 0.2) is 0 Å². The maximum atomic E-state index is 12.7. The van der Waals surface area contributed by atoms with Crippen LogP contribution in [0.5, 0.6) is 0 Å². The number of aromatic nitrogens is 3. The predicted octanol–water partition coefficient (Wildman–Crippen LogP) is 2.14. The van der Waals surface area contributed by atoms with E-state index in [9.17, 15) is 4.79 Å². The van der Waals surface area contributed by atoms with Gasteiger partial charge in [-0.1, -0.05) is 6.07 Å². The van der Waals surface area contributed by atoms with Gasteiger partial charge in [-0.05, 0) is 31.0 Å². The van der Waals surface area contributed by atoms with Gasteiger partial charge in [0.1, 0.15) is 5.69 Å². The molecule has 0 bridgehead atoms. The summed E-state index contributed by atoms with van der Waals surface area (Å²) >= 11 is 0. The molecule has 0 aromatic carbocycles. The van der Waals surface area contributed by atoms with Crippen molar-refractivity contribution in [3.05, 3.63) is 47.5 Å². The summed E-state index contributed by atoms with van der Waals surface area (Å²) in [6.07, 6.45) is 4.06. The van der Waals surface area contributed by atoms with E-state index in [-0.39, 0.29) is 11.9 Å². The van der Waals surface area contributed by atoms with Crippen molar-refractivity contribution >= 4 is 5.91 Å². The first-order valence-electron chi connectivity index (χ1n) is 7.43. The molecule has 3 rings (SSSR count). The number of rotatable bonds is 6. The van der Waals surface area contributed by atoms with Crippen LogP contribution in [0, 0.1) is 0 Å². The lowest BCUT2D eigenvalue weighted by Crippen LogP contribution is -2.34. The minimum absolute atomic E-state index is 0.129. The fraction of sp³-hybridized carbons (Fsp3) is 0.438. The van der Waals surface area contributed by atoms with Crippen LogP contribution >= 0.6 is 0 Å². The van der Waals surface area contributed by atoms with Gasteiger partial charge in [-0.25, -0.2) is 0 Å². The van der Waals surface area contributed by atoms with E-state index in [1.807, 2.05) is 24.3 Å². The van der Waals surface area contributed by atoms with E-state index in [0.29, 0.717) is 18.2 Å². The van der Waals surface area contributed by atoms with E-state index in [0.717, 1.165) is 11.4 Å². The second-order valence-electron chi connectivity index (χ2n) is 5.62. The average Bonchev–Trinajstić information content (AvgIpc) is 3.29. The van der Waals surface area contributed by atoms with Crippen molar-refractivity contribution in [2.45, 2.75) is 24.8 Å². The van der Waals surface area contributed by atoms with E-state index < -0.39 is 0 Å². The average molecular weight is 300 g/mol. The molecule has 6 heteroatoms. The Morgan fingerprint density at radius 3 is 2.95 bits per heavy atom. The van der Waals surface area contributed by atoms with E-state index in [2.05, 4.69) is 15.2 Å². The third-order valence-corrected chi connectivity index (χ3v) is 3.98. The van der Waals surface area contributed by atoms with Gasteiger partial charge in [-0.15, -0.1) is 0 Å². The fourth-order valence-electron chi connectivity index (χ4n) is 2.50. The Morgan fingerprint density at radius 2 is 2.32 bits per heavy atom. The summed E-state index contributed by atoms with van der Waals surface area (Å²) in [5.41, 5.74) is 2.30. The summed E-state index contributed by atoms with van der Waals surface area (Å²) in [5.74, 6) is 0.417. The predicted molar refractivity (Wildman–Crippen MR) is 81.5 cm³/mol. The Balaban J connectivity index is 1.79. The van der Waals surface area contributed by atoms with Crippen LogP contribution in [0.3, 0.4) is 0 Å². The number of likely N-dealkylation sites (N-methyl/N-ethyl adjacent to an activating group) is 1. The molecule has 1 fully saturated rings. The monoisotopic (exact) mass is 300 g/mol. The molecular formula is C16H20N4O2. The second kappa shape index (κ2) is 6.27. The zero-order valence-electron chi connectivity index (χ0n) is 12.8. The van der Waals surface area contributed by atoms with Gasteiger partial charge in [-0.2, -0.15) is 5.10 Å². The van der Waals surface area contributed by atoms with Gasteiger partial charge in [0.25, 0.3) is 5.91 Å². The molecule has 1 amide bonds. The number of ether oxygens (including phenoxy) is 1. The van der Waals surface area contributed by atoms with Crippen molar-refractivity contribution in [2.75, 3.05) is 20.8 Å². The summed E-state index contributed by atoms with van der Waals surface area (Å²) in [6, 6.07) is 7.28. The summed E-state index contributed by atoms with van der Waals surface area (Å²) in [4.78, 5) is 18.6. The topological polar surface area (TPSA) is 71.1 Å². The van der Waals surface area contributed by atoms with Gasteiger partial charge >= 0.3 is 0 Å². The molecule has 116 valence electrons. The Kier molecular flexibility index (Phi) is 4.20. The fourth-order valence-corrected chi connectivity index (χ4v) is 2.50. The first-order chi connectivity index (χ1) is 10.7. The molecule has 6 nitrogen and oxygen atoms in total. The Hall–Kier alpha value is -2.21. The minimum Gasteiger partial charge on any atom is -0.382 e. The summed E-state index contributed by atoms with van der Waals surface area (Å²) in [5, 5.41) is 7.13. The molecule has 22 heavy (non-hydrogen) atoms. The molecule has 1 saturated carbocycles. The normalized spacial score (nSPS) is 15.5. The van der Waals surface area contributed by atoms with Gasteiger partial charge in [0.2, 0.25) is 0 Å². The first kappa shape index (κ1) is 14.7. The zero-order valence-corrected chi connectivity index (χ0v) is 12.8. The second-order valence-corrected chi connectivity index (χ2v) is 5.62. The van der Waals surface area contributed by atoms with E-state index in [1.54, 1.807) is 25.3 Å². The lowest BCUT2D eigenvalue weighted by atomic mass is 10.1. The number of nitrogens with one attached hydrogen (secondary N) is 1. The van der Waals surface area contributed by atoms with Crippen LogP contribution in [0.1, 0.15) is 46.7 Å². The molecule has 0 radical (unpaired) electrons. The molecule has 2 aromatic rings. The van der Waals surface area contributed by atoms with Crippen LogP contribution in [0.4, 0.5) is 0 Å². The van der Waals surface area contributed by atoms with Crippen molar-refractivity contribution in [3.63, 3.8) is 0 Å². The third kappa shape index (κ3) is 3.01. The Labute approximate surface area is 129 Å². The molecule has 0 saturated heterocycles. The number of pyridine rings is 1. The molecule has 1 aliphatic rings. The highest BCUT2D eigenvalue weighted by Crippen LogP contribution is 2.39. The quantitative estimate of drug-likeness (QED) is 0.887. The van der Waals surface area contributed by atoms with Crippen molar-refractivity contribution in [1.82, 2.24) is 20.1 Å². The molecule has 1 atom stereocenters. The standard InChI is InChI=1S/C16H20N4O2/c1-20(15(10-22-2)12-5-3-4-8-17-12)16(21)14-9-13(18-19-14)11-6-7-11/h3-5,8-9,11,15H,6-7,10H2,1-2H3,(H,18,19)/t15-/m1/s1. The minimum atomic E-state index is -0.236. The largest absolute Gasteiger partial charge is 0.382 e. The van der Waals surface area contributed by atoms with E-state index >= 15 is 0 Å². The van der Waals surface area contributed by atoms with Gasteiger partial charge in [0.05, 0.1) is 18.3 Å². The number of nitrogens with zero attached hydrogens (tertiary/aromatic N) is 3. The van der Waals surface area contributed by atoms with Crippen molar-refractivity contribution in [2.24, 2.45) is 0 Å². The first-order valence-corrected chi connectivity index (χ1v) is 7.43. The number of H-pyrrole nitrogens is 1. The maximum Gasteiger partial charge on any atom is 0.274 e. The Morgan fingerprint density at radius 1 is 1.50 bits per heavy atom. The van der Waals surface area contributed by atoms with Gasteiger partial charge in [0, 0.05) is 32.0 Å². The number of carbonyl (C=O) groups excluding carboxylic acids is 1. The smallest absolute Gasteiger partial charge is 0.274 e. The Bertz CT molecular complexity index is 637. The highest BCUT2D eigenvalue weighted by molar-refractivity contribution is 5.92. The van der Waals surface area contributed by atoms with Gasteiger partial charge < -0.3 is 9.64 Å². The van der Waals surface area contributed by atoms with Crippen molar-refractivity contribution in [1.29, 1.82) is 0 Å². The molecular weight excluding hydrogens is 280 g/mol. The molecule has 2 heterocycles. The van der Waals surface area contributed by atoms with Crippen molar-refractivity contribution < 1.29 is 9.53 Å². The van der Waals surface area contributed by atoms with E-state index in [1.165, 1.54) is 12.8 Å². The number of carbonyl (C=O) groups is 1. The highest BCUT2D eigenvalue weighted by Gasteiger charge is 2.29. The van der Waals surface area contributed by atoms with Crippen LogP contribution < -0.4 is 0 Å². The van der Waals surface area contributed by atoms with Crippen molar-refractivity contribution in [3.8, 4) is 0 Å². The van der Waals surface area contributed by atoms with Crippen LogP contribution in [0.25, 0.3) is 0 Å². The lowest BCUT2D eigenvalue weighted by Gasteiger charge is -2.26. The summed E-state index contributed by atoms with van der Waals surface area (Å²) in [7, 11) is 3.38. The zero-order chi connectivity index (χ0) is 15.5. The highest BCUT2D eigenvalue weighted by atomic mass is 16.5. The summed E-state index contributed by atoms with van der Waals surface area (Å²) in [6.45, 7) is 0.388. The van der Waals surface area contributed by atoms with Crippen LogP contribution in [0.15, 0.2) is 30.5 Å². The molecule has 0 spiro atoms. The number of hydrogen-bond donors (Lipinski definition) is 1. The van der Waals surface area contributed by atoms with Crippen LogP contribution in [0.2, 0.25) is 0 Å². The molecule has 0 unspecified atom stereocenters. The van der Waals surface area contributed by atoms with E-state index in [4.69, 9.17) is 4.74 Å². The SMILES string of the molecule is COC[C@H](c1ccccn1)N(C)C(=O)c1cc(C2CC2)[nH]n1. The molecule has 1 N–H and O–H groups in total. The maximum absolute atomic E-state index is 12.7. The van der Waals surface area contributed by atoms with Crippen LogP contribution in [-0.4, -0.2) is 46.8 Å². The number of aromatic amines is 1. The molecule has 1 aliphatic carbocycles. The number of methoxy groups -OCH3 is 1. The third-order valence-electron chi connectivity index (χ3n) is 3.98. The van der Waals surface area contributed by atoms with Crippen LogP contribution in [-0.2, 0) is 4.74 Å².